The van der Waals surface area contributed by atoms with Crippen LogP contribution in [0.25, 0.3) is 0 Å². The SMILES string of the molecule is COC(C)(OC)c1ccccc1Cl. The summed E-state index contributed by atoms with van der Waals surface area (Å²) < 4.78 is 10.5. The minimum atomic E-state index is -0.766. The lowest BCUT2D eigenvalue weighted by Crippen LogP contribution is -2.26. The van der Waals surface area contributed by atoms with Crippen LogP contribution in [-0.2, 0) is 15.3 Å². The van der Waals surface area contributed by atoms with Crippen molar-refractivity contribution in [3.8, 4) is 0 Å². The largest absolute Gasteiger partial charge is 0.349 e. The van der Waals surface area contributed by atoms with E-state index in [-0.39, 0.29) is 0 Å². The minimum absolute atomic E-state index is 0.647. The van der Waals surface area contributed by atoms with Crippen LogP contribution in [0, 0.1) is 0 Å². The van der Waals surface area contributed by atoms with Crippen LogP contribution in [-0.4, -0.2) is 14.2 Å². The molecule has 0 aromatic heterocycles. The van der Waals surface area contributed by atoms with Gasteiger partial charge in [0, 0.05) is 24.8 Å². The molecule has 0 heterocycles. The van der Waals surface area contributed by atoms with E-state index in [1.165, 1.54) is 0 Å². The van der Waals surface area contributed by atoms with Crippen LogP contribution in [0.1, 0.15) is 12.5 Å². The molecule has 0 aliphatic carbocycles. The van der Waals surface area contributed by atoms with Gasteiger partial charge in [0.1, 0.15) is 0 Å². The number of hydrogen-bond acceptors (Lipinski definition) is 2. The van der Waals surface area contributed by atoms with Crippen LogP contribution in [0.5, 0.6) is 0 Å². The van der Waals surface area contributed by atoms with E-state index in [0.29, 0.717) is 5.02 Å². The van der Waals surface area contributed by atoms with Crippen molar-refractivity contribution < 1.29 is 9.47 Å². The molecular formula is C10H13ClO2. The molecule has 13 heavy (non-hydrogen) atoms. The molecule has 0 fully saturated rings. The van der Waals surface area contributed by atoms with E-state index >= 15 is 0 Å². The summed E-state index contributed by atoms with van der Waals surface area (Å²) in [5.41, 5.74) is 0.835. The lowest BCUT2D eigenvalue weighted by molar-refractivity contribution is -0.201. The number of halogens is 1. The van der Waals surface area contributed by atoms with Crippen molar-refractivity contribution in [3.63, 3.8) is 0 Å². The van der Waals surface area contributed by atoms with Gasteiger partial charge < -0.3 is 9.47 Å². The molecule has 0 saturated carbocycles. The average Bonchev–Trinajstić information content (AvgIpc) is 2.17. The van der Waals surface area contributed by atoms with Crippen LogP contribution in [0.15, 0.2) is 24.3 Å². The summed E-state index contributed by atoms with van der Waals surface area (Å²) in [6, 6.07) is 7.47. The maximum atomic E-state index is 6.01. The number of ether oxygens (including phenoxy) is 2. The van der Waals surface area contributed by atoms with Gasteiger partial charge in [-0.15, -0.1) is 0 Å². The molecule has 0 atom stereocenters. The molecule has 1 aromatic rings. The molecule has 0 radical (unpaired) electrons. The van der Waals surface area contributed by atoms with E-state index in [4.69, 9.17) is 21.1 Å². The highest BCUT2D eigenvalue weighted by Gasteiger charge is 2.27. The van der Waals surface area contributed by atoms with Crippen LogP contribution in [0.4, 0.5) is 0 Å². The van der Waals surface area contributed by atoms with Crippen LogP contribution in [0.3, 0.4) is 0 Å². The highest BCUT2D eigenvalue weighted by molar-refractivity contribution is 6.31. The standard InChI is InChI=1S/C10H13ClO2/c1-10(12-2,13-3)8-6-4-5-7-9(8)11/h4-7H,1-3H3. The topological polar surface area (TPSA) is 18.5 Å². The zero-order valence-corrected chi connectivity index (χ0v) is 8.76. The van der Waals surface area contributed by atoms with Crippen LogP contribution < -0.4 is 0 Å². The second-order valence-electron chi connectivity index (χ2n) is 2.83. The zero-order valence-electron chi connectivity index (χ0n) is 8.00. The number of hydrogen-bond donors (Lipinski definition) is 0. The molecule has 0 aliphatic rings. The van der Waals surface area contributed by atoms with E-state index in [2.05, 4.69) is 0 Å². The monoisotopic (exact) mass is 200 g/mol. The van der Waals surface area contributed by atoms with Crippen LogP contribution in [0.2, 0.25) is 5.02 Å². The predicted octanol–water partition coefficient (Wildman–Crippen LogP) is 2.81. The normalized spacial score (nSPS) is 11.7. The van der Waals surface area contributed by atoms with Gasteiger partial charge in [-0.1, -0.05) is 29.8 Å². The van der Waals surface area contributed by atoms with Gasteiger partial charge >= 0.3 is 0 Å². The molecule has 0 bridgehead atoms. The zero-order chi connectivity index (χ0) is 9.90. The molecular weight excluding hydrogens is 188 g/mol. The van der Waals surface area contributed by atoms with Crippen molar-refractivity contribution >= 4 is 11.6 Å². The molecule has 1 aromatic carbocycles. The fourth-order valence-corrected chi connectivity index (χ4v) is 1.44. The van der Waals surface area contributed by atoms with Crippen molar-refractivity contribution in [2.75, 3.05) is 14.2 Å². The van der Waals surface area contributed by atoms with Crippen molar-refractivity contribution in [3.05, 3.63) is 34.9 Å². The quantitative estimate of drug-likeness (QED) is 0.699. The Balaban J connectivity index is 3.12. The Kier molecular flexibility index (Phi) is 3.31. The highest BCUT2D eigenvalue weighted by atomic mass is 35.5. The molecule has 72 valence electrons. The summed E-state index contributed by atoms with van der Waals surface area (Å²) in [6.45, 7) is 1.83. The van der Waals surface area contributed by atoms with E-state index in [1.54, 1.807) is 14.2 Å². The van der Waals surface area contributed by atoms with Gasteiger partial charge in [-0.2, -0.15) is 0 Å². The Bertz CT molecular complexity index is 282. The van der Waals surface area contributed by atoms with E-state index in [1.807, 2.05) is 31.2 Å². The average molecular weight is 201 g/mol. The summed E-state index contributed by atoms with van der Waals surface area (Å²) in [6.07, 6.45) is 0. The van der Waals surface area contributed by atoms with Gasteiger partial charge in [-0.05, 0) is 13.0 Å². The van der Waals surface area contributed by atoms with Gasteiger partial charge in [-0.25, -0.2) is 0 Å². The molecule has 0 amide bonds. The van der Waals surface area contributed by atoms with Gasteiger partial charge in [0.2, 0.25) is 0 Å². The first kappa shape index (κ1) is 10.5. The molecule has 0 saturated heterocycles. The third-order valence-corrected chi connectivity index (χ3v) is 2.47. The Morgan fingerprint density at radius 3 is 2.15 bits per heavy atom. The Morgan fingerprint density at radius 2 is 1.69 bits per heavy atom. The predicted molar refractivity (Wildman–Crippen MR) is 52.8 cm³/mol. The van der Waals surface area contributed by atoms with Gasteiger partial charge in [-0.3, -0.25) is 0 Å². The Labute approximate surface area is 83.4 Å². The van der Waals surface area contributed by atoms with Gasteiger partial charge in [0.15, 0.2) is 5.79 Å². The third kappa shape index (κ3) is 2.02. The number of rotatable bonds is 3. The first-order valence-corrected chi connectivity index (χ1v) is 4.37. The molecule has 0 aliphatic heterocycles. The van der Waals surface area contributed by atoms with E-state index < -0.39 is 5.79 Å². The summed E-state index contributed by atoms with van der Waals surface area (Å²) in [5.74, 6) is -0.766. The molecule has 0 unspecified atom stereocenters. The molecule has 3 heteroatoms. The number of benzene rings is 1. The lowest BCUT2D eigenvalue weighted by Gasteiger charge is -2.27. The van der Waals surface area contributed by atoms with Crippen molar-refractivity contribution in [1.29, 1.82) is 0 Å². The second kappa shape index (κ2) is 4.09. The summed E-state index contributed by atoms with van der Waals surface area (Å²) in [5, 5.41) is 0.647. The third-order valence-electron chi connectivity index (χ3n) is 2.14. The molecule has 0 N–H and O–H groups in total. The minimum Gasteiger partial charge on any atom is -0.349 e. The molecule has 2 nitrogen and oxygen atoms in total. The summed E-state index contributed by atoms with van der Waals surface area (Å²) >= 11 is 6.01. The number of methoxy groups -OCH3 is 2. The smallest absolute Gasteiger partial charge is 0.192 e. The molecule has 1 rings (SSSR count). The van der Waals surface area contributed by atoms with Crippen molar-refractivity contribution in [2.45, 2.75) is 12.7 Å². The summed E-state index contributed by atoms with van der Waals surface area (Å²) in [7, 11) is 3.18. The maximum absolute atomic E-state index is 6.01. The van der Waals surface area contributed by atoms with E-state index in [9.17, 15) is 0 Å². The highest BCUT2D eigenvalue weighted by Crippen LogP contribution is 2.30. The van der Waals surface area contributed by atoms with Crippen LogP contribution >= 0.6 is 11.6 Å². The van der Waals surface area contributed by atoms with Gasteiger partial charge in [0.05, 0.1) is 0 Å². The van der Waals surface area contributed by atoms with Crippen molar-refractivity contribution in [1.82, 2.24) is 0 Å². The fraction of sp³-hybridized carbons (Fsp3) is 0.400. The van der Waals surface area contributed by atoms with Gasteiger partial charge in [0.25, 0.3) is 0 Å². The maximum Gasteiger partial charge on any atom is 0.192 e. The summed E-state index contributed by atoms with van der Waals surface area (Å²) in [4.78, 5) is 0. The lowest BCUT2D eigenvalue weighted by atomic mass is 10.1. The molecule has 0 spiro atoms. The second-order valence-corrected chi connectivity index (χ2v) is 3.24. The fourth-order valence-electron chi connectivity index (χ4n) is 1.13. The van der Waals surface area contributed by atoms with Crippen molar-refractivity contribution in [2.24, 2.45) is 0 Å². The Morgan fingerprint density at radius 1 is 1.15 bits per heavy atom. The first-order valence-electron chi connectivity index (χ1n) is 3.99. The van der Waals surface area contributed by atoms with E-state index in [0.717, 1.165) is 5.56 Å². The first-order chi connectivity index (χ1) is 6.14. The Hall–Kier alpha value is -0.570.